The van der Waals surface area contributed by atoms with Crippen molar-refractivity contribution in [3.63, 3.8) is 0 Å². The molecule has 0 aliphatic heterocycles. The topological polar surface area (TPSA) is 30.7 Å². The van der Waals surface area contributed by atoms with E-state index in [0.717, 1.165) is 6.08 Å². The Morgan fingerprint density at radius 1 is 2.00 bits per heavy atom. The van der Waals surface area contributed by atoms with E-state index < -0.39 is 5.97 Å². The minimum atomic E-state index is -0.713. The first-order valence-electron chi connectivity index (χ1n) is 1.51. The number of hydrogen-bond acceptors (Lipinski definition) is 2. The molecule has 0 aromatic heterocycles. The lowest BCUT2D eigenvalue weighted by molar-refractivity contribution is -0.132. The van der Waals surface area contributed by atoms with Crippen LogP contribution < -0.4 is 0 Å². The van der Waals surface area contributed by atoms with Gasteiger partial charge in [0, 0.05) is 6.08 Å². The van der Waals surface area contributed by atoms with Crippen molar-refractivity contribution in [2.24, 2.45) is 0 Å². The van der Waals surface area contributed by atoms with Gasteiger partial charge in [-0.05, 0) is 5.01 Å². The van der Waals surface area contributed by atoms with Crippen LogP contribution in [0.4, 0.5) is 0 Å². The van der Waals surface area contributed by atoms with Gasteiger partial charge in [-0.1, -0.05) is 6.58 Å². The Hall–Kier alpha value is -1.30. The van der Waals surface area contributed by atoms with Gasteiger partial charge in [-0.25, -0.2) is 4.79 Å². The second kappa shape index (κ2) is 2.91. The quantitative estimate of drug-likeness (QED) is 0.272. The Morgan fingerprint density at radius 3 is 2.71 bits per heavy atom. The largest absolute Gasteiger partial charge is 0.418 e. The summed E-state index contributed by atoms with van der Waals surface area (Å²) in [4.78, 5) is 13.6. The molecule has 0 radical (unpaired) electrons. The van der Waals surface area contributed by atoms with E-state index in [1.54, 1.807) is 0 Å². The fourth-order valence-electron chi connectivity index (χ4n) is 0.0823. The van der Waals surface area contributed by atoms with Gasteiger partial charge in [0.25, 0.3) is 0 Å². The molecule has 3 nitrogen and oxygen atoms in total. The van der Waals surface area contributed by atoms with Crippen molar-refractivity contribution in [3.8, 4) is 0 Å². The van der Waals surface area contributed by atoms with E-state index in [1.807, 2.05) is 0 Å². The molecule has 0 amide bonds. The van der Waals surface area contributed by atoms with E-state index in [1.165, 1.54) is 0 Å². The van der Waals surface area contributed by atoms with Crippen LogP contribution in [0.2, 0.25) is 0 Å². The standard InChI is InChI=1S/C4H3NO2/c1-3-4(6)7-5-2/h3H,1H2. The SMILES string of the molecule is [C-]#[N+]OC(=O)C=C. The third-order valence-electron chi connectivity index (χ3n) is 0.302. The molecule has 0 fully saturated rings. The van der Waals surface area contributed by atoms with Crippen molar-refractivity contribution >= 4 is 5.97 Å². The Balaban J connectivity index is 3.42. The Bertz CT molecular complexity index is 122. The first-order valence-corrected chi connectivity index (χ1v) is 1.51. The normalized spacial score (nSPS) is 6.14. The molecular weight excluding hydrogens is 94.0 g/mol. The molecule has 36 valence electrons. The number of carbonyl (C=O) groups is 1. The third kappa shape index (κ3) is 2.50. The van der Waals surface area contributed by atoms with E-state index in [-0.39, 0.29) is 0 Å². The molecule has 0 spiro atoms. The number of hydrogen-bond donors (Lipinski definition) is 0. The highest BCUT2D eigenvalue weighted by Crippen LogP contribution is 1.75. The maximum absolute atomic E-state index is 9.86. The summed E-state index contributed by atoms with van der Waals surface area (Å²) in [5, 5.41) is 2.34. The van der Waals surface area contributed by atoms with Crippen LogP contribution in [0, 0.1) is 6.57 Å². The van der Waals surface area contributed by atoms with E-state index in [0.29, 0.717) is 0 Å². The zero-order chi connectivity index (χ0) is 5.70. The molecule has 0 saturated carbocycles. The van der Waals surface area contributed by atoms with Gasteiger partial charge in [0.2, 0.25) is 0 Å². The van der Waals surface area contributed by atoms with E-state index in [4.69, 9.17) is 6.57 Å². The highest BCUT2D eigenvalue weighted by molar-refractivity contribution is 5.81. The van der Waals surface area contributed by atoms with Crippen LogP contribution in [-0.4, -0.2) is 5.97 Å². The molecule has 0 aliphatic carbocycles. The van der Waals surface area contributed by atoms with E-state index in [2.05, 4.69) is 16.4 Å². The van der Waals surface area contributed by atoms with Crippen LogP contribution in [0.1, 0.15) is 0 Å². The fourth-order valence-corrected chi connectivity index (χ4v) is 0.0823. The second-order valence-corrected chi connectivity index (χ2v) is 0.706. The summed E-state index contributed by atoms with van der Waals surface area (Å²) in [6.07, 6.45) is 0.929. The molecule has 0 rings (SSSR count). The molecule has 0 heterocycles. The zero-order valence-electron chi connectivity index (χ0n) is 3.55. The summed E-state index contributed by atoms with van der Waals surface area (Å²) in [5.41, 5.74) is 0. The average molecular weight is 97.1 g/mol. The van der Waals surface area contributed by atoms with Crippen LogP contribution in [0.5, 0.6) is 0 Å². The van der Waals surface area contributed by atoms with Crippen molar-refractivity contribution in [1.29, 1.82) is 0 Å². The van der Waals surface area contributed by atoms with Gasteiger partial charge in [0.05, 0.1) is 0 Å². The molecule has 0 atom stereocenters. The highest BCUT2D eigenvalue weighted by atomic mass is 16.7. The molecular formula is C4H3NO2. The lowest BCUT2D eigenvalue weighted by Crippen LogP contribution is -1.88. The Labute approximate surface area is 41.0 Å². The number of nitrogens with zero attached hydrogens (tertiary/aromatic N) is 1. The zero-order valence-corrected chi connectivity index (χ0v) is 3.55. The minimum absolute atomic E-state index is 0.713. The van der Waals surface area contributed by atoms with Gasteiger partial charge in [0.15, 0.2) is 0 Å². The summed E-state index contributed by atoms with van der Waals surface area (Å²) in [5.74, 6) is -0.713. The van der Waals surface area contributed by atoms with E-state index in [9.17, 15) is 4.79 Å². The number of rotatable bonds is 1. The predicted molar refractivity (Wildman–Crippen MR) is 22.9 cm³/mol. The molecule has 0 aromatic rings. The summed E-state index contributed by atoms with van der Waals surface area (Å²) in [7, 11) is 0. The van der Waals surface area contributed by atoms with E-state index >= 15 is 0 Å². The summed E-state index contributed by atoms with van der Waals surface area (Å²) in [6, 6.07) is 0. The summed E-state index contributed by atoms with van der Waals surface area (Å²) < 4.78 is 0. The molecule has 7 heavy (non-hydrogen) atoms. The van der Waals surface area contributed by atoms with Crippen molar-refractivity contribution in [2.75, 3.05) is 0 Å². The summed E-state index contributed by atoms with van der Waals surface area (Å²) in [6.45, 7) is 9.03. The van der Waals surface area contributed by atoms with Crippen LogP contribution in [0.15, 0.2) is 12.7 Å². The maximum atomic E-state index is 9.86. The minimum Gasteiger partial charge on any atom is -0.238 e. The lowest BCUT2D eigenvalue weighted by atomic mass is 10.7. The first-order chi connectivity index (χ1) is 3.31. The molecule has 0 aromatic carbocycles. The second-order valence-electron chi connectivity index (χ2n) is 0.706. The van der Waals surface area contributed by atoms with Gasteiger partial charge >= 0.3 is 5.97 Å². The third-order valence-corrected chi connectivity index (χ3v) is 0.302. The molecule has 0 N–H and O–H groups in total. The van der Waals surface area contributed by atoms with Crippen molar-refractivity contribution < 1.29 is 9.63 Å². The van der Waals surface area contributed by atoms with Gasteiger partial charge in [0.1, 0.15) is 0 Å². The fraction of sp³-hybridized carbons (Fsp3) is 0. The molecule has 0 aliphatic rings. The lowest BCUT2D eigenvalue weighted by Gasteiger charge is -1.71. The van der Waals surface area contributed by atoms with Crippen molar-refractivity contribution in [2.45, 2.75) is 0 Å². The summed E-state index contributed by atoms with van der Waals surface area (Å²) >= 11 is 0. The predicted octanol–water partition coefficient (Wildman–Crippen LogP) is 0.550. The van der Waals surface area contributed by atoms with Crippen molar-refractivity contribution in [3.05, 3.63) is 24.2 Å². The first kappa shape index (κ1) is 5.70. The van der Waals surface area contributed by atoms with Gasteiger partial charge in [-0.15, -0.1) is 4.84 Å². The van der Waals surface area contributed by atoms with Gasteiger partial charge in [-0.3, -0.25) is 0 Å². The molecule has 0 unspecified atom stereocenters. The average Bonchev–Trinajstić information content (AvgIpc) is 1.68. The number of carbonyl (C=O) groups excluding carboxylic acids is 1. The van der Waals surface area contributed by atoms with Crippen LogP contribution in [-0.2, 0) is 9.63 Å². The van der Waals surface area contributed by atoms with Crippen molar-refractivity contribution in [1.82, 2.24) is 0 Å². The Kier molecular flexibility index (Phi) is 2.37. The maximum Gasteiger partial charge on any atom is 0.418 e. The van der Waals surface area contributed by atoms with Crippen LogP contribution in [0.25, 0.3) is 5.01 Å². The molecule has 3 heteroatoms. The molecule has 0 bridgehead atoms. The smallest absolute Gasteiger partial charge is 0.238 e. The van der Waals surface area contributed by atoms with Crippen LogP contribution >= 0.6 is 0 Å². The Morgan fingerprint density at radius 2 is 2.57 bits per heavy atom. The highest BCUT2D eigenvalue weighted by Gasteiger charge is 1.93. The van der Waals surface area contributed by atoms with Gasteiger partial charge < -0.3 is 0 Å². The molecule has 0 saturated heterocycles. The monoisotopic (exact) mass is 97.0 g/mol. The van der Waals surface area contributed by atoms with Crippen LogP contribution in [0.3, 0.4) is 0 Å². The van der Waals surface area contributed by atoms with Gasteiger partial charge in [-0.2, -0.15) is 6.57 Å².